The minimum atomic E-state index is -0.450. The van der Waals surface area contributed by atoms with Crippen LogP contribution < -0.4 is 0 Å². The Morgan fingerprint density at radius 1 is 1.29 bits per heavy atom. The van der Waals surface area contributed by atoms with Gasteiger partial charge in [-0.1, -0.05) is 40.2 Å². The van der Waals surface area contributed by atoms with Gasteiger partial charge < -0.3 is 0 Å². The lowest BCUT2D eigenvalue weighted by molar-refractivity contribution is -0.384. The molecule has 0 atom stereocenters. The molecule has 7 nitrogen and oxygen atoms in total. The third-order valence-electron chi connectivity index (χ3n) is 3.16. The summed E-state index contributed by atoms with van der Waals surface area (Å²) in [6.07, 6.45) is 1.50. The van der Waals surface area contributed by atoms with Gasteiger partial charge in [0.25, 0.3) is 5.69 Å². The quantitative estimate of drug-likeness (QED) is 0.306. The first-order chi connectivity index (χ1) is 11.5. The van der Waals surface area contributed by atoms with Crippen LogP contribution >= 0.6 is 28.1 Å². The molecule has 0 bridgehead atoms. The zero-order valence-corrected chi connectivity index (χ0v) is 14.5. The van der Waals surface area contributed by atoms with Gasteiger partial charge in [-0.25, -0.2) is 5.10 Å². The second kappa shape index (κ2) is 6.85. The summed E-state index contributed by atoms with van der Waals surface area (Å²) in [4.78, 5) is 10.4. The Morgan fingerprint density at radius 2 is 2.04 bits per heavy atom. The molecule has 0 amide bonds. The van der Waals surface area contributed by atoms with Crippen LogP contribution in [0.5, 0.6) is 0 Å². The number of benzene rings is 2. The molecule has 0 unspecified atom stereocenters. The molecule has 3 rings (SSSR count). The van der Waals surface area contributed by atoms with Gasteiger partial charge in [0.15, 0.2) is 5.82 Å². The highest BCUT2D eigenvalue weighted by atomic mass is 79.9. The van der Waals surface area contributed by atoms with Gasteiger partial charge in [-0.05, 0) is 24.4 Å². The van der Waals surface area contributed by atoms with Crippen LogP contribution in [0.1, 0.15) is 5.56 Å². The predicted molar refractivity (Wildman–Crippen MR) is 96.6 cm³/mol. The van der Waals surface area contributed by atoms with Crippen LogP contribution in [0.25, 0.3) is 11.4 Å². The Balaban J connectivity index is 1.97. The van der Waals surface area contributed by atoms with Crippen molar-refractivity contribution in [2.75, 3.05) is 0 Å². The van der Waals surface area contributed by atoms with Gasteiger partial charge in [-0.15, -0.1) is 0 Å². The van der Waals surface area contributed by atoms with E-state index in [1.54, 1.807) is 12.1 Å². The maximum absolute atomic E-state index is 10.8. The maximum atomic E-state index is 10.8. The number of nitro benzene ring substituents is 1. The Hall–Kier alpha value is -2.65. The van der Waals surface area contributed by atoms with Crippen molar-refractivity contribution in [2.45, 2.75) is 0 Å². The SMILES string of the molecule is O=[N+]([O-])c1cccc(/C=N/n2c(-c3ccc(Br)cc3)n[nH]c2=S)c1. The van der Waals surface area contributed by atoms with Crippen LogP contribution in [-0.2, 0) is 0 Å². The van der Waals surface area contributed by atoms with Crippen molar-refractivity contribution in [2.24, 2.45) is 5.10 Å². The molecule has 1 N–H and O–H groups in total. The molecular formula is C15H10BrN5O2S. The van der Waals surface area contributed by atoms with Crippen molar-refractivity contribution in [3.8, 4) is 11.4 Å². The highest BCUT2D eigenvalue weighted by Gasteiger charge is 2.08. The van der Waals surface area contributed by atoms with Crippen LogP contribution in [0.2, 0.25) is 0 Å². The number of halogens is 1. The van der Waals surface area contributed by atoms with Crippen molar-refractivity contribution in [3.63, 3.8) is 0 Å². The second-order valence-corrected chi connectivity index (χ2v) is 6.07. The van der Waals surface area contributed by atoms with E-state index >= 15 is 0 Å². The van der Waals surface area contributed by atoms with E-state index in [2.05, 4.69) is 31.2 Å². The van der Waals surface area contributed by atoms with E-state index < -0.39 is 4.92 Å². The van der Waals surface area contributed by atoms with E-state index in [1.165, 1.54) is 23.0 Å². The molecule has 120 valence electrons. The van der Waals surface area contributed by atoms with Crippen molar-refractivity contribution < 1.29 is 4.92 Å². The minimum Gasteiger partial charge on any atom is -0.258 e. The van der Waals surface area contributed by atoms with Crippen LogP contribution in [-0.4, -0.2) is 26.0 Å². The van der Waals surface area contributed by atoms with Gasteiger partial charge in [0.2, 0.25) is 4.77 Å². The summed E-state index contributed by atoms with van der Waals surface area (Å²) >= 11 is 8.58. The third kappa shape index (κ3) is 3.47. The first-order valence-electron chi connectivity index (χ1n) is 6.77. The molecule has 0 saturated carbocycles. The van der Waals surface area contributed by atoms with Gasteiger partial charge in [-0.2, -0.15) is 14.9 Å². The number of rotatable bonds is 4. The molecule has 0 saturated heterocycles. The molecule has 0 spiro atoms. The smallest absolute Gasteiger partial charge is 0.258 e. The predicted octanol–water partition coefficient (Wildman–Crippen LogP) is 4.16. The lowest BCUT2D eigenvalue weighted by atomic mass is 10.2. The van der Waals surface area contributed by atoms with Crippen LogP contribution in [0.3, 0.4) is 0 Å². The average Bonchev–Trinajstić information content (AvgIpc) is 2.95. The van der Waals surface area contributed by atoms with E-state index in [0.717, 1.165) is 10.0 Å². The summed E-state index contributed by atoms with van der Waals surface area (Å²) in [7, 11) is 0. The number of nitrogens with one attached hydrogen (secondary N) is 1. The Morgan fingerprint density at radius 3 is 2.75 bits per heavy atom. The summed E-state index contributed by atoms with van der Waals surface area (Å²) in [6.45, 7) is 0. The number of hydrogen-bond donors (Lipinski definition) is 1. The number of nitro groups is 1. The number of H-pyrrole nitrogens is 1. The number of nitrogens with zero attached hydrogens (tertiary/aromatic N) is 4. The molecule has 9 heteroatoms. The van der Waals surface area contributed by atoms with E-state index in [4.69, 9.17) is 12.2 Å². The number of aromatic nitrogens is 3. The summed E-state index contributed by atoms with van der Waals surface area (Å²) in [6, 6.07) is 13.7. The van der Waals surface area contributed by atoms with Gasteiger partial charge in [-0.3, -0.25) is 10.1 Å². The van der Waals surface area contributed by atoms with Gasteiger partial charge >= 0.3 is 0 Å². The van der Waals surface area contributed by atoms with Crippen LogP contribution in [0, 0.1) is 14.9 Å². The van der Waals surface area contributed by atoms with Crippen LogP contribution in [0.4, 0.5) is 5.69 Å². The molecular weight excluding hydrogens is 394 g/mol. The highest BCUT2D eigenvalue weighted by Crippen LogP contribution is 2.20. The monoisotopic (exact) mass is 403 g/mol. The first kappa shape index (κ1) is 16.2. The summed E-state index contributed by atoms with van der Waals surface area (Å²) < 4.78 is 2.75. The highest BCUT2D eigenvalue weighted by molar-refractivity contribution is 9.10. The second-order valence-electron chi connectivity index (χ2n) is 4.77. The molecule has 0 radical (unpaired) electrons. The summed E-state index contributed by atoms with van der Waals surface area (Å²) in [5.74, 6) is 0.550. The fourth-order valence-corrected chi connectivity index (χ4v) is 2.47. The summed E-state index contributed by atoms with van der Waals surface area (Å²) in [5, 5.41) is 22.0. The third-order valence-corrected chi connectivity index (χ3v) is 3.95. The topological polar surface area (TPSA) is 89.1 Å². The Labute approximate surface area is 149 Å². The minimum absolute atomic E-state index is 0.00266. The Kier molecular flexibility index (Phi) is 4.63. The van der Waals surface area contributed by atoms with E-state index in [0.29, 0.717) is 16.2 Å². The van der Waals surface area contributed by atoms with E-state index in [1.807, 2.05) is 24.3 Å². The molecule has 0 aliphatic heterocycles. The molecule has 1 aromatic heterocycles. The first-order valence-corrected chi connectivity index (χ1v) is 7.97. The molecule has 3 aromatic rings. The van der Waals surface area contributed by atoms with Gasteiger partial charge in [0.05, 0.1) is 11.1 Å². The number of non-ortho nitro benzene ring substituents is 1. The number of aromatic amines is 1. The van der Waals surface area contributed by atoms with E-state index in [9.17, 15) is 10.1 Å². The molecule has 0 fully saturated rings. The standard InChI is InChI=1S/C15H10BrN5O2S/c16-12-6-4-11(5-7-12)14-18-19-15(24)20(14)17-9-10-2-1-3-13(8-10)21(22)23/h1-9H,(H,19,24)/b17-9+. The number of hydrogen-bond acceptors (Lipinski definition) is 5. The Bertz CT molecular complexity index is 978. The van der Waals surface area contributed by atoms with Crippen molar-refractivity contribution in [1.82, 2.24) is 14.9 Å². The van der Waals surface area contributed by atoms with E-state index in [-0.39, 0.29) is 5.69 Å². The molecule has 0 aliphatic carbocycles. The van der Waals surface area contributed by atoms with Crippen molar-refractivity contribution in [3.05, 3.63) is 73.5 Å². The zero-order chi connectivity index (χ0) is 17.1. The van der Waals surface area contributed by atoms with Gasteiger partial charge in [0.1, 0.15) is 0 Å². The fraction of sp³-hybridized carbons (Fsp3) is 0. The largest absolute Gasteiger partial charge is 0.270 e. The molecule has 2 aromatic carbocycles. The average molecular weight is 404 g/mol. The lowest BCUT2D eigenvalue weighted by Gasteiger charge is -2.01. The summed E-state index contributed by atoms with van der Waals surface area (Å²) in [5.41, 5.74) is 1.43. The molecule has 1 heterocycles. The molecule has 0 aliphatic rings. The lowest BCUT2D eigenvalue weighted by Crippen LogP contribution is -1.95. The van der Waals surface area contributed by atoms with Crippen molar-refractivity contribution in [1.29, 1.82) is 0 Å². The van der Waals surface area contributed by atoms with Gasteiger partial charge in [0, 0.05) is 27.7 Å². The molecule has 24 heavy (non-hydrogen) atoms. The maximum Gasteiger partial charge on any atom is 0.270 e. The normalized spacial score (nSPS) is 11.0. The fourth-order valence-electron chi connectivity index (χ4n) is 2.03. The van der Waals surface area contributed by atoms with Crippen molar-refractivity contribution >= 4 is 40.0 Å². The van der Waals surface area contributed by atoms with Crippen LogP contribution in [0.15, 0.2) is 58.1 Å². The zero-order valence-electron chi connectivity index (χ0n) is 12.1.